The molecule has 1 aliphatic rings. The number of benzene rings is 1. The second-order valence-electron chi connectivity index (χ2n) is 8.12. The van der Waals surface area contributed by atoms with Gasteiger partial charge in [-0.15, -0.1) is 0 Å². The van der Waals surface area contributed by atoms with Crippen LogP contribution in [0.2, 0.25) is 0 Å². The number of carbonyl (C=O) groups is 1. The van der Waals surface area contributed by atoms with Crippen molar-refractivity contribution in [2.24, 2.45) is 0 Å². The molecule has 1 saturated heterocycles. The maximum absolute atomic E-state index is 13.3. The number of aromatic nitrogens is 3. The first-order valence-electron chi connectivity index (χ1n) is 10.5. The largest absolute Gasteiger partial charge is 0.341 e. The lowest BCUT2D eigenvalue weighted by atomic mass is 9.91. The molecule has 0 unspecified atom stereocenters. The normalized spacial score (nSPS) is 15.9. The van der Waals surface area contributed by atoms with Gasteiger partial charge < -0.3 is 4.90 Å². The molecular formula is C24H27FN4O. The Labute approximate surface area is 176 Å². The summed E-state index contributed by atoms with van der Waals surface area (Å²) < 4.78 is 15.1. The smallest absolute Gasteiger partial charge is 0.247 e. The lowest BCUT2D eigenvalue weighted by Gasteiger charge is -2.33. The van der Waals surface area contributed by atoms with Crippen LogP contribution in [-0.4, -0.2) is 38.7 Å². The van der Waals surface area contributed by atoms with Crippen LogP contribution in [0.5, 0.6) is 0 Å². The Morgan fingerprint density at radius 1 is 1.07 bits per heavy atom. The van der Waals surface area contributed by atoms with Crippen molar-refractivity contribution in [2.45, 2.75) is 45.6 Å². The number of likely N-dealkylation sites (tertiary alicyclic amines) is 1. The molecule has 1 fully saturated rings. The van der Waals surface area contributed by atoms with Crippen molar-refractivity contribution in [3.05, 3.63) is 71.6 Å². The van der Waals surface area contributed by atoms with Gasteiger partial charge in [-0.2, -0.15) is 5.10 Å². The van der Waals surface area contributed by atoms with E-state index in [4.69, 9.17) is 4.98 Å². The van der Waals surface area contributed by atoms with E-state index in [2.05, 4.69) is 11.2 Å². The number of hydrogen-bond acceptors (Lipinski definition) is 3. The highest BCUT2D eigenvalue weighted by atomic mass is 19.1. The molecule has 0 radical (unpaired) electrons. The first kappa shape index (κ1) is 20.3. The summed E-state index contributed by atoms with van der Waals surface area (Å²) in [6.45, 7) is 7.30. The minimum absolute atomic E-state index is 0.115. The molecule has 156 valence electrons. The van der Waals surface area contributed by atoms with Crippen molar-refractivity contribution < 1.29 is 9.18 Å². The first-order valence-corrected chi connectivity index (χ1v) is 10.5. The second-order valence-corrected chi connectivity index (χ2v) is 8.12. The molecule has 0 aliphatic carbocycles. The zero-order chi connectivity index (χ0) is 21.3. The second kappa shape index (κ2) is 8.38. The number of nitrogens with zero attached hydrogens (tertiary/aromatic N) is 4. The van der Waals surface area contributed by atoms with Crippen molar-refractivity contribution in [1.82, 2.24) is 19.7 Å². The quantitative estimate of drug-likeness (QED) is 0.633. The topological polar surface area (TPSA) is 51.0 Å². The first-order chi connectivity index (χ1) is 14.4. The van der Waals surface area contributed by atoms with Crippen LogP contribution in [-0.2, 0) is 4.79 Å². The Hall–Kier alpha value is -3.02. The molecule has 1 aliphatic heterocycles. The molecule has 0 spiro atoms. The van der Waals surface area contributed by atoms with E-state index >= 15 is 0 Å². The van der Waals surface area contributed by atoms with E-state index in [0.29, 0.717) is 5.92 Å². The average Bonchev–Trinajstić information content (AvgIpc) is 3.18. The van der Waals surface area contributed by atoms with Gasteiger partial charge in [-0.3, -0.25) is 14.5 Å². The van der Waals surface area contributed by atoms with Gasteiger partial charge in [0.15, 0.2) is 0 Å². The minimum atomic E-state index is -0.293. The summed E-state index contributed by atoms with van der Waals surface area (Å²) >= 11 is 0. The molecule has 4 rings (SSSR count). The molecule has 0 N–H and O–H groups in total. The zero-order valence-corrected chi connectivity index (χ0v) is 17.7. The summed E-state index contributed by atoms with van der Waals surface area (Å²) in [6.07, 6.45) is 3.50. The Balaban J connectivity index is 1.46. The fraction of sp³-hybridized carbons (Fsp3) is 0.375. The lowest BCUT2D eigenvalue weighted by molar-refractivity contribution is -0.135. The zero-order valence-electron chi connectivity index (χ0n) is 17.7. The van der Waals surface area contributed by atoms with Gasteiger partial charge in [-0.25, -0.2) is 4.39 Å². The number of hydrogen-bond donors (Lipinski definition) is 0. The number of piperidine rings is 1. The number of rotatable bonds is 4. The number of carbonyl (C=O) groups excluding carboxylic acids is 1. The van der Waals surface area contributed by atoms with E-state index in [9.17, 15) is 9.18 Å². The van der Waals surface area contributed by atoms with Crippen LogP contribution in [0.4, 0.5) is 4.39 Å². The summed E-state index contributed by atoms with van der Waals surface area (Å²) in [4.78, 5) is 19.6. The van der Waals surface area contributed by atoms with E-state index in [1.807, 2.05) is 37.8 Å². The Kier molecular flexibility index (Phi) is 5.66. The molecule has 5 nitrogen and oxygen atoms in total. The SMILES string of the molecule is Cc1cc(-c2ccc(F)cc2)cc(C2CCN(C(=O)[C@H](C)n3nccc3C)CC2)n1. The van der Waals surface area contributed by atoms with Gasteiger partial charge >= 0.3 is 0 Å². The van der Waals surface area contributed by atoms with Crippen LogP contribution in [0, 0.1) is 19.7 Å². The fourth-order valence-corrected chi connectivity index (χ4v) is 4.26. The van der Waals surface area contributed by atoms with Gasteiger partial charge in [-0.1, -0.05) is 12.1 Å². The van der Waals surface area contributed by atoms with E-state index in [0.717, 1.165) is 54.1 Å². The van der Waals surface area contributed by atoms with E-state index < -0.39 is 0 Å². The van der Waals surface area contributed by atoms with Crippen molar-refractivity contribution in [1.29, 1.82) is 0 Å². The van der Waals surface area contributed by atoms with Crippen LogP contribution in [0.3, 0.4) is 0 Å². The monoisotopic (exact) mass is 406 g/mol. The Morgan fingerprint density at radius 2 is 1.77 bits per heavy atom. The Morgan fingerprint density at radius 3 is 2.40 bits per heavy atom. The van der Waals surface area contributed by atoms with Crippen LogP contribution >= 0.6 is 0 Å². The van der Waals surface area contributed by atoms with Crippen LogP contribution in [0.1, 0.15) is 48.8 Å². The van der Waals surface area contributed by atoms with Crippen LogP contribution in [0.25, 0.3) is 11.1 Å². The van der Waals surface area contributed by atoms with Crippen LogP contribution < -0.4 is 0 Å². The molecule has 1 amide bonds. The predicted octanol–water partition coefficient (Wildman–Crippen LogP) is 4.67. The van der Waals surface area contributed by atoms with Gasteiger partial charge in [0.25, 0.3) is 0 Å². The number of amides is 1. The molecule has 0 bridgehead atoms. The highest BCUT2D eigenvalue weighted by Gasteiger charge is 2.29. The molecule has 1 atom stereocenters. The number of halogens is 1. The lowest BCUT2D eigenvalue weighted by Crippen LogP contribution is -2.41. The van der Waals surface area contributed by atoms with Gasteiger partial charge in [0.05, 0.1) is 0 Å². The summed E-state index contributed by atoms with van der Waals surface area (Å²) in [7, 11) is 0. The van der Waals surface area contributed by atoms with Gasteiger partial charge in [0.1, 0.15) is 11.9 Å². The fourth-order valence-electron chi connectivity index (χ4n) is 4.26. The molecule has 3 aromatic rings. The highest BCUT2D eigenvalue weighted by molar-refractivity contribution is 5.80. The van der Waals surface area contributed by atoms with Crippen molar-refractivity contribution in [2.75, 3.05) is 13.1 Å². The third-order valence-electron chi connectivity index (χ3n) is 5.97. The predicted molar refractivity (Wildman–Crippen MR) is 115 cm³/mol. The average molecular weight is 407 g/mol. The van der Waals surface area contributed by atoms with E-state index in [1.54, 1.807) is 23.0 Å². The van der Waals surface area contributed by atoms with E-state index in [-0.39, 0.29) is 17.8 Å². The summed E-state index contributed by atoms with van der Waals surface area (Å²) in [5.41, 5.74) is 5.03. The van der Waals surface area contributed by atoms with Crippen molar-refractivity contribution in [3.63, 3.8) is 0 Å². The summed E-state index contributed by atoms with van der Waals surface area (Å²) in [5, 5.41) is 4.28. The van der Waals surface area contributed by atoms with E-state index in [1.165, 1.54) is 12.1 Å². The minimum Gasteiger partial charge on any atom is -0.341 e. The molecule has 1 aromatic carbocycles. The van der Waals surface area contributed by atoms with Crippen LogP contribution in [0.15, 0.2) is 48.7 Å². The maximum Gasteiger partial charge on any atom is 0.247 e. The molecule has 6 heteroatoms. The third kappa shape index (κ3) is 4.13. The number of aryl methyl sites for hydroxylation is 2. The molecule has 30 heavy (non-hydrogen) atoms. The molecule has 3 heterocycles. The summed E-state index contributed by atoms with van der Waals surface area (Å²) in [6, 6.07) is 12.3. The van der Waals surface area contributed by atoms with Crippen molar-refractivity contribution >= 4 is 5.91 Å². The molecule has 0 saturated carbocycles. The van der Waals surface area contributed by atoms with Crippen molar-refractivity contribution in [3.8, 4) is 11.1 Å². The third-order valence-corrected chi connectivity index (χ3v) is 5.97. The highest BCUT2D eigenvalue weighted by Crippen LogP contribution is 2.31. The van der Waals surface area contributed by atoms with Gasteiger partial charge in [-0.05, 0) is 75.1 Å². The summed E-state index contributed by atoms with van der Waals surface area (Å²) in [5.74, 6) is 0.195. The molecule has 2 aromatic heterocycles. The number of pyridine rings is 1. The molecular weight excluding hydrogens is 379 g/mol. The standard InChI is InChI=1S/C24H27FN4O/c1-16-14-21(19-4-6-22(25)7-5-19)15-23(27-16)20-9-12-28(13-10-20)24(30)18(3)29-17(2)8-11-26-29/h4-8,11,14-15,18,20H,9-10,12-13H2,1-3H3/t18-/m0/s1. The maximum atomic E-state index is 13.3. The van der Waals surface area contributed by atoms with Gasteiger partial charge in [0.2, 0.25) is 5.91 Å². The Bertz CT molecular complexity index is 1040. The van der Waals surface area contributed by atoms with Gasteiger partial charge in [0, 0.05) is 42.3 Å².